The van der Waals surface area contributed by atoms with Crippen molar-refractivity contribution in [1.82, 2.24) is 5.32 Å². The molecule has 1 saturated carbocycles. The molecule has 1 heteroatoms. The van der Waals surface area contributed by atoms with Crippen molar-refractivity contribution < 1.29 is 0 Å². The summed E-state index contributed by atoms with van der Waals surface area (Å²) in [5.74, 6) is 3.89. The average molecular weight is 300 g/mol. The molecule has 130 valence electrons. The number of hydrogen-bond donors (Lipinski definition) is 1. The van der Waals surface area contributed by atoms with Gasteiger partial charge in [0, 0.05) is 0 Å². The Balaban J connectivity index is 0. The topological polar surface area (TPSA) is 12.0 Å². The van der Waals surface area contributed by atoms with Gasteiger partial charge in [-0.15, -0.1) is 0 Å². The number of rotatable bonds is 2. The summed E-state index contributed by atoms with van der Waals surface area (Å²) in [6.45, 7) is 19.8. The second-order valence-corrected chi connectivity index (χ2v) is 6.62. The van der Waals surface area contributed by atoms with E-state index < -0.39 is 0 Å². The molecule has 2 fully saturated rings. The molecule has 1 N–H and O–H groups in total. The molecule has 1 aliphatic carbocycles. The summed E-state index contributed by atoms with van der Waals surface area (Å²) in [6, 6.07) is 0. The Hall–Kier alpha value is -0.0400. The van der Waals surface area contributed by atoms with E-state index in [9.17, 15) is 0 Å². The minimum Gasteiger partial charge on any atom is -0.317 e. The van der Waals surface area contributed by atoms with Crippen LogP contribution in [0.4, 0.5) is 0 Å². The van der Waals surface area contributed by atoms with Crippen LogP contribution in [-0.4, -0.2) is 13.1 Å². The van der Waals surface area contributed by atoms with Gasteiger partial charge in [0.1, 0.15) is 0 Å². The van der Waals surface area contributed by atoms with E-state index in [1.165, 1.54) is 51.6 Å². The van der Waals surface area contributed by atoms with Crippen LogP contribution in [0, 0.1) is 23.7 Å². The van der Waals surface area contributed by atoms with Crippen molar-refractivity contribution in [3.05, 3.63) is 0 Å². The normalized spacial score (nSPS) is 19.1. The number of piperidine rings is 1. The van der Waals surface area contributed by atoms with E-state index in [0.29, 0.717) is 0 Å². The number of hydrogen-bond acceptors (Lipinski definition) is 1. The Labute approximate surface area is 136 Å². The van der Waals surface area contributed by atoms with Crippen LogP contribution >= 0.6 is 0 Å². The van der Waals surface area contributed by atoms with E-state index in [4.69, 9.17) is 0 Å². The first-order valence-corrected chi connectivity index (χ1v) is 9.82. The fraction of sp³-hybridized carbons (Fsp3) is 1.00. The summed E-state index contributed by atoms with van der Waals surface area (Å²) >= 11 is 0. The number of nitrogens with one attached hydrogen (secondary N) is 1. The molecule has 0 radical (unpaired) electrons. The van der Waals surface area contributed by atoms with Gasteiger partial charge >= 0.3 is 0 Å². The molecular formula is C20H45N. The van der Waals surface area contributed by atoms with Crippen molar-refractivity contribution in [2.75, 3.05) is 13.1 Å². The molecule has 0 aromatic heterocycles. The molecule has 2 aliphatic rings. The lowest BCUT2D eigenvalue weighted by atomic mass is 9.87. The molecule has 21 heavy (non-hydrogen) atoms. The van der Waals surface area contributed by atoms with Crippen molar-refractivity contribution in [2.45, 2.75) is 93.9 Å². The summed E-state index contributed by atoms with van der Waals surface area (Å²) in [6.07, 6.45) is 8.75. The van der Waals surface area contributed by atoms with Crippen LogP contribution in [0.5, 0.6) is 0 Å². The van der Waals surface area contributed by atoms with Crippen molar-refractivity contribution in [3.63, 3.8) is 0 Å². The first kappa shape index (κ1) is 23.2. The minimum absolute atomic E-state index is 0.895. The smallest absolute Gasteiger partial charge is 0.00462 e. The fourth-order valence-corrected chi connectivity index (χ4v) is 3.13. The zero-order chi connectivity index (χ0) is 16.7. The molecule has 1 heterocycles. The van der Waals surface area contributed by atoms with Gasteiger partial charge < -0.3 is 5.32 Å². The summed E-state index contributed by atoms with van der Waals surface area (Å²) < 4.78 is 0. The van der Waals surface area contributed by atoms with Crippen LogP contribution in [-0.2, 0) is 0 Å². The monoisotopic (exact) mass is 299 g/mol. The lowest BCUT2D eigenvalue weighted by Gasteiger charge is -2.25. The average Bonchev–Trinajstić information content (AvgIpc) is 3.07. The molecule has 0 unspecified atom stereocenters. The third-order valence-corrected chi connectivity index (χ3v) is 4.67. The SMILES string of the molecule is CC.CC.CC(C)C1CCCC1.CC(C)C1CCNCC1. The second kappa shape index (κ2) is 16.3. The predicted molar refractivity (Wildman–Crippen MR) is 99.9 cm³/mol. The highest BCUT2D eigenvalue weighted by atomic mass is 14.9. The molecule has 0 aromatic carbocycles. The van der Waals surface area contributed by atoms with Crippen molar-refractivity contribution in [1.29, 1.82) is 0 Å². The molecule has 1 nitrogen and oxygen atoms in total. The molecule has 0 bridgehead atoms. The van der Waals surface area contributed by atoms with Gasteiger partial charge in [0.15, 0.2) is 0 Å². The third-order valence-electron chi connectivity index (χ3n) is 4.67. The lowest BCUT2D eigenvalue weighted by molar-refractivity contribution is 0.292. The molecule has 1 saturated heterocycles. The van der Waals surface area contributed by atoms with Crippen molar-refractivity contribution >= 4 is 0 Å². The van der Waals surface area contributed by atoms with Crippen LogP contribution in [0.25, 0.3) is 0 Å². The maximum Gasteiger partial charge on any atom is -0.00462 e. The standard InChI is InChI=1S/C8H17N.C8H16.2C2H6/c1-7(2)8-3-5-9-6-4-8;1-7(2)8-5-3-4-6-8;2*1-2/h7-9H,3-6H2,1-2H3;7-8H,3-6H2,1-2H3;2*1-2H3. The van der Waals surface area contributed by atoms with Crippen molar-refractivity contribution in [2.24, 2.45) is 23.7 Å². The molecule has 0 amide bonds. The van der Waals surface area contributed by atoms with Gasteiger partial charge in [-0.05, 0) is 49.6 Å². The van der Waals surface area contributed by atoms with Gasteiger partial charge in [0.2, 0.25) is 0 Å². The zero-order valence-electron chi connectivity index (χ0n) is 16.5. The molecule has 1 aliphatic heterocycles. The van der Waals surface area contributed by atoms with Crippen LogP contribution in [0.3, 0.4) is 0 Å². The van der Waals surface area contributed by atoms with Gasteiger partial charge in [-0.25, -0.2) is 0 Å². The Morgan fingerprint density at radius 2 is 0.952 bits per heavy atom. The minimum atomic E-state index is 0.895. The van der Waals surface area contributed by atoms with E-state index >= 15 is 0 Å². The largest absolute Gasteiger partial charge is 0.317 e. The first-order chi connectivity index (χ1) is 10.1. The van der Waals surface area contributed by atoms with Gasteiger partial charge in [-0.2, -0.15) is 0 Å². The Kier molecular flexibility index (Phi) is 18.1. The zero-order valence-corrected chi connectivity index (χ0v) is 16.5. The van der Waals surface area contributed by atoms with Crippen LogP contribution in [0.15, 0.2) is 0 Å². The highest BCUT2D eigenvalue weighted by molar-refractivity contribution is 4.70. The Morgan fingerprint density at radius 3 is 1.19 bits per heavy atom. The van der Waals surface area contributed by atoms with Crippen LogP contribution < -0.4 is 5.32 Å². The maximum atomic E-state index is 3.37. The van der Waals surface area contributed by atoms with Gasteiger partial charge in [-0.3, -0.25) is 0 Å². The summed E-state index contributed by atoms with van der Waals surface area (Å²) in [7, 11) is 0. The predicted octanol–water partition coefficient (Wildman–Crippen LogP) is 6.53. The molecule has 0 aromatic rings. The Bertz CT molecular complexity index is 174. The van der Waals surface area contributed by atoms with Gasteiger partial charge in [0.25, 0.3) is 0 Å². The van der Waals surface area contributed by atoms with Gasteiger partial charge in [-0.1, -0.05) is 81.1 Å². The lowest BCUT2D eigenvalue weighted by Crippen LogP contribution is -2.29. The van der Waals surface area contributed by atoms with Gasteiger partial charge in [0.05, 0.1) is 0 Å². The Morgan fingerprint density at radius 1 is 0.619 bits per heavy atom. The molecule has 2 rings (SSSR count). The first-order valence-electron chi connectivity index (χ1n) is 9.82. The van der Waals surface area contributed by atoms with E-state index in [1.807, 2.05) is 27.7 Å². The molecular weight excluding hydrogens is 254 g/mol. The van der Waals surface area contributed by atoms with E-state index in [2.05, 4.69) is 33.0 Å². The summed E-state index contributed by atoms with van der Waals surface area (Å²) in [5.41, 5.74) is 0. The van der Waals surface area contributed by atoms with E-state index in [1.54, 1.807) is 0 Å². The van der Waals surface area contributed by atoms with Crippen LogP contribution in [0.1, 0.15) is 93.9 Å². The highest BCUT2D eigenvalue weighted by Gasteiger charge is 2.17. The maximum absolute atomic E-state index is 3.37. The highest BCUT2D eigenvalue weighted by Crippen LogP contribution is 2.30. The molecule has 0 spiro atoms. The summed E-state index contributed by atoms with van der Waals surface area (Å²) in [4.78, 5) is 0. The summed E-state index contributed by atoms with van der Waals surface area (Å²) in [5, 5.41) is 3.37. The van der Waals surface area contributed by atoms with Crippen LogP contribution in [0.2, 0.25) is 0 Å². The second-order valence-electron chi connectivity index (χ2n) is 6.62. The fourth-order valence-electron chi connectivity index (χ4n) is 3.13. The molecule has 0 atom stereocenters. The van der Waals surface area contributed by atoms with E-state index in [0.717, 1.165) is 23.7 Å². The van der Waals surface area contributed by atoms with E-state index in [-0.39, 0.29) is 0 Å². The quantitative estimate of drug-likeness (QED) is 0.611. The van der Waals surface area contributed by atoms with Crippen molar-refractivity contribution in [3.8, 4) is 0 Å². The third kappa shape index (κ3) is 12.2.